The maximum atomic E-state index is 12.9. The molecule has 2 aromatic carbocycles. The number of carbonyl (C=O) groups excluding carboxylic acids is 2. The SMILES string of the molecule is COC(=O)C1=C(C(=O)OC)N(c2ccc3cc(-n4cc(-c5ccccc5)nn4)c(=O)oc3c2)C=CC=C1. The molecule has 1 aliphatic rings. The highest BCUT2D eigenvalue weighted by Crippen LogP contribution is 2.29. The van der Waals surface area contributed by atoms with Crippen molar-refractivity contribution in [1.82, 2.24) is 15.0 Å². The van der Waals surface area contributed by atoms with E-state index < -0.39 is 17.6 Å². The first-order chi connectivity index (χ1) is 18.0. The molecule has 0 radical (unpaired) electrons. The first-order valence-electron chi connectivity index (χ1n) is 11.1. The summed E-state index contributed by atoms with van der Waals surface area (Å²) in [5.41, 5.74) is 1.73. The standard InChI is InChI=1S/C27H20N4O6/c1-35-25(32)20-10-6-7-13-30(24(20)27(34)36-2)19-12-11-18-14-22(26(33)37-23(18)15-19)31-16-21(28-29-31)17-8-4-3-5-9-17/h3-16H,1-2H3. The fourth-order valence-corrected chi connectivity index (χ4v) is 3.89. The lowest BCUT2D eigenvalue weighted by Gasteiger charge is -2.23. The number of hydrogen-bond acceptors (Lipinski definition) is 9. The zero-order valence-electron chi connectivity index (χ0n) is 19.8. The number of aromatic nitrogens is 3. The zero-order chi connectivity index (χ0) is 25.9. The molecule has 1 aliphatic heterocycles. The van der Waals surface area contributed by atoms with Gasteiger partial charge in [-0.05, 0) is 30.4 Å². The minimum absolute atomic E-state index is 0.0108. The van der Waals surface area contributed by atoms with E-state index in [1.54, 1.807) is 48.8 Å². The Morgan fingerprint density at radius 3 is 2.49 bits per heavy atom. The summed E-state index contributed by atoms with van der Waals surface area (Å²) in [5, 5.41) is 8.85. The molecule has 0 aliphatic carbocycles. The summed E-state index contributed by atoms with van der Waals surface area (Å²) in [6.07, 6.45) is 7.96. The van der Waals surface area contributed by atoms with Crippen LogP contribution < -0.4 is 10.5 Å². The molecule has 0 N–H and O–H groups in total. The van der Waals surface area contributed by atoms with Crippen molar-refractivity contribution in [3.05, 3.63) is 107 Å². The Bertz CT molecular complexity index is 1660. The third kappa shape index (κ3) is 4.43. The number of methoxy groups -OCH3 is 2. The summed E-state index contributed by atoms with van der Waals surface area (Å²) in [6.45, 7) is 0. The lowest BCUT2D eigenvalue weighted by Crippen LogP contribution is -2.27. The van der Waals surface area contributed by atoms with Gasteiger partial charge in [0.15, 0.2) is 5.69 Å². The fraction of sp³-hybridized carbons (Fsp3) is 0.0741. The first kappa shape index (κ1) is 23.5. The molecule has 2 aromatic heterocycles. The largest absolute Gasteiger partial charge is 0.465 e. The number of allylic oxidation sites excluding steroid dienone is 2. The van der Waals surface area contributed by atoms with E-state index in [1.165, 1.54) is 29.9 Å². The van der Waals surface area contributed by atoms with Crippen molar-refractivity contribution >= 4 is 28.6 Å². The van der Waals surface area contributed by atoms with Crippen LogP contribution in [0.5, 0.6) is 0 Å². The Kier molecular flexibility index (Phi) is 6.21. The van der Waals surface area contributed by atoms with Crippen molar-refractivity contribution < 1.29 is 23.5 Å². The van der Waals surface area contributed by atoms with Gasteiger partial charge in [-0.25, -0.2) is 19.1 Å². The van der Waals surface area contributed by atoms with E-state index in [4.69, 9.17) is 13.9 Å². The molecule has 10 nitrogen and oxygen atoms in total. The Hall–Kier alpha value is -5.25. The highest BCUT2D eigenvalue weighted by atomic mass is 16.5. The van der Waals surface area contributed by atoms with Gasteiger partial charge in [-0.2, -0.15) is 0 Å². The van der Waals surface area contributed by atoms with E-state index in [0.717, 1.165) is 5.56 Å². The van der Waals surface area contributed by atoms with Crippen molar-refractivity contribution in [1.29, 1.82) is 0 Å². The molecular weight excluding hydrogens is 476 g/mol. The number of anilines is 1. The number of ether oxygens (including phenoxy) is 2. The van der Waals surface area contributed by atoms with Crippen molar-refractivity contribution in [3.8, 4) is 16.9 Å². The molecule has 0 bridgehead atoms. The molecule has 0 saturated carbocycles. The van der Waals surface area contributed by atoms with Crippen LogP contribution in [0.15, 0.2) is 106 Å². The number of benzene rings is 2. The van der Waals surface area contributed by atoms with Gasteiger partial charge in [0.25, 0.3) is 0 Å². The molecule has 10 heteroatoms. The van der Waals surface area contributed by atoms with Gasteiger partial charge in [-0.3, -0.25) is 0 Å². The smallest absolute Gasteiger partial charge is 0.362 e. The molecule has 4 aromatic rings. The van der Waals surface area contributed by atoms with Crippen LogP contribution in [0.4, 0.5) is 5.69 Å². The molecule has 0 fully saturated rings. The summed E-state index contributed by atoms with van der Waals surface area (Å²) < 4.78 is 16.7. The second-order valence-corrected chi connectivity index (χ2v) is 7.87. The van der Waals surface area contributed by atoms with Gasteiger partial charge < -0.3 is 18.8 Å². The van der Waals surface area contributed by atoms with Crippen molar-refractivity contribution in [2.75, 3.05) is 19.1 Å². The van der Waals surface area contributed by atoms with Crippen molar-refractivity contribution in [2.24, 2.45) is 0 Å². The monoisotopic (exact) mass is 496 g/mol. The van der Waals surface area contributed by atoms with E-state index in [9.17, 15) is 14.4 Å². The average Bonchev–Trinajstić information content (AvgIpc) is 3.31. The molecule has 0 atom stereocenters. The number of rotatable bonds is 5. The molecule has 37 heavy (non-hydrogen) atoms. The summed E-state index contributed by atoms with van der Waals surface area (Å²) in [7, 11) is 2.44. The predicted octanol–water partition coefficient (Wildman–Crippen LogP) is 3.53. The van der Waals surface area contributed by atoms with Crippen molar-refractivity contribution in [2.45, 2.75) is 0 Å². The third-order valence-corrected chi connectivity index (χ3v) is 5.68. The zero-order valence-corrected chi connectivity index (χ0v) is 19.8. The second kappa shape index (κ2) is 9.78. The van der Waals surface area contributed by atoms with Gasteiger partial charge >= 0.3 is 17.6 Å². The van der Waals surface area contributed by atoms with Crippen LogP contribution in [-0.4, -0.2) is 41.2 Å². The summed E-state index contributed by atoms with van der Waals surface area (Å²) in [6, 6.07) is 16.2. The first-order valence-corrected chi connectivity index (χ1v) is 11.1. The average molecular weight is 496 g/mol. The third-order valence-electron chi connectivity index (χ3n) is 5.68. The maximum absolute atomic E-state index is 12.9. The van der Waals surface area contributed by atoms with E-state index in [0.29, 0.717) is 16.8 Å². The fourth-order valence-electron chi connectivity index (χ4n) is 3.89. The van der Waals surface area contributed by atoms with Crippen molar-refractivity contribution in [3.63, 3.8) is 0 Å². The summed E-state index contributed by atoms with van der Waals surface area (Å²) in [5.74, 6) is -1.45. The van der Waals surface area contributed by atoms with Gasteiger partial charge in [0.1, 0.15) is 17.0 Å². The number of carbonyl (C=O) groups is 2. The minimum Gasteiger partial charge on any atom is -0.465 e. The quantitative estimate of drug-likeness (QED) is 0.302. The van der Waals surface area contributed by atoms with Gasteiger partial charge in [0, 0.05) is 28.9 Å². The van der Waals surface area contributed by atoms with E-state index in [-0.39, 0.29) is 22.5 Å². The normalized spacial score (nSPS) is 13.1. The van der Waals surface area contributed by atoms with E-state index in [1.807, 2.05) is 30.3 Å². The number of hydrogen-bond donors (Lipinski definition) is 0. The Morgan fingerprint density at radius 1 is 0.946 bits per heavy atom. The van der Waals surface area contributed by atoms with E-state index in [2.05, 4.69) is 10.3 Å². The predicted molar refractivity (Wildman–Crippen MR) is 135 cm³/mol. The molecule has 0 unspecified atom stereocenters. The van der Waals surface area contributed by atoms with Crippen LogP contribution in [0.1, 0.15) is 0 Å². The highest BCUT2D eigenvalue weighted by molar-refractivity contribution is 6.05. The van der Waals surface area contributed by atoms with Crippen LogP contribution >= 0.6 is 0 Å². The second-order valence-electron chi connectivity index (χ2n) is 7.87. The van der Waals surface area contributed by atoms with Gasteiger partial charge in [0.2, 0.25) is 0 Å². The van der Waals surface area contributed by atoms with Crippen LogP contribution in [0.25, 0.3) is 27.9 Å². The molecular formula is C27H20N4O6. The summed E-state index contributed by atoms with van der Waals surface area (Å²) in [4.78, 5) is 39.4. The summed E-state index contributed by atoms with van der Waals surface area (Å²) >= 11 is 0. The Balaban J connectivity index is 1.57. The number of esters is 2. The van der Waals surface area contributed by atoms with Gasteiger partial charge in [0.05, 0.1) is 26.0 Å². The Labute approximate surface area is 210 Å². The molecule has 0 saturated heterocycles. The highest BCUT2D eigenvalue weighted by Gasteiger charge is 2.27. The van der Waals surface area contributed by atoms with Crippen LogP contribution in [0.3, 0.4) is 0 Å². The van der Waals surface area contributed by atoms with Gasteiger partial charge in [-0.15, -0.1) is 5.10 Å². The maximum Gasteiger partial charge on any atom is 0.362 e. The number of nitrogens with zero attached hydrogens (tertiary/aromatic N) is 4. The number of fused-ring (bicyclic) bond motifs is 1. The lowest BCUT2D eigenvalue weighted by molar-refractivity contribution is -0.139. The van der Waals surface area contributed by atoms with Crippen LogP contribution in [0.2, 0.25) is 0 Å². The molecule has 0 spiro atoms. The Morgan fingerprint density at radius 2 is 1.73 bits per heavy atom. The molecule has 184 valence electrons. The van der Waals surface area contributed by atoms with E-state index >= 15 is 0 Å². The molecule has 0 amide bonds. The minimum atomic E-state index is -0.742. The topological polar surface area (TPSA) is 117 Å². The molecule has 3 heterocycles. The van der Waals surface area contributed by atoms with Gasteiger partial charge in [-0.1, -0.05) is 41.6 Å². The lowest BCUT2D eigenvalue weighted by atomic mass is 10.1. The van der Waals surface area contributed by atoms with Crippen LogP contribution in [-0.2, 0) is 19.1 Å². The van der Waals surface area contributed by atoms with Crippen LogP contribution in [0, 0.1) is 0 Å². The molecule has 5 rings (SSSR count).